The second-order valence-corrected chi connectivity index (χ2v) is 4.98. The largest absolute Gasteiger partial charge is 0.340 e. The maximum Gasteiger partial charge on any atom is 0.331 e. The topological polar surface area (TPSA) is 35.6 Å². The lowest BCUT2D eigenvalue weighted by Gasteiger charge is -2.28. The van der Waals surface area contributed by atoms with E-state index >= 15 is 0 Å². The maximum atomic E-state index is 11.7. The van der Waals surface area contributed by atoms with Crippen LogP contribution in [0.15, 0.2) is 30.3 Å². The molecule has 0 saturated heterocycles. The van der Waals surface area contributed by atoms with Gasteiger partial charge in [-0.25, -0.2) is 9.80 Å². The van der Waals surface area contributed by atoms with Gasteiger partial charge in [0.25, 0.3) is 0 Å². The molecule has 1 atom stereocenters. The lowest BCUT2D eigenvalue weighted by atomic mass is 9.96. The molecule has 0 spiro atoms. The zero-order chi connectivity index (χ0) is 14.3. The number of rotatable bonds is 6. The number of nitrogens with zero attached hydrogens (tertiary/aromatic N) is 2. The van der Waals surface area contributed by atoms with Crippen LogP contribution in [0.4, 0.5) is 4.79 Å². The first-order valence-electron chi connectivity index (χ1n) is 6.77. The molecule has 0 bridgehead atoms. The van der Waals surface area contributed by atoms with Crippen LogP contribution in [0.1, 0.15) is 31.2 Å². The van der Waals surface area contributed by atoms with Crippen LogP contribution in [0.3, 0.4) is 0 Å². The van der Waals surface area contributed by atoms with E-state index in [1.165, 1.54) is 5.56 Å². The van der Waals surface area contributed by atoms with E-state index in [4.69, 9.17) is 0 Å². The molecule has 1 N–H and O–H groups in total. The molecule has 0 radical (unpaired) electrons. The molecule has 4 nitrogen and oxygen atoms in total. The van der Waals surface area contributed by atoms with E-state index in [2.05, 4.69) is 36.5 Å². The lowest BCUT2D eigenvalue weighted by Crippen LogP contribution is -2.46. The summed E-state index contributed by atoms with van der Waals surface area (Å²) in [5.74, 6) is 0.523. The molecule has 19 heavy (non-hydrogen) atoms. The number of carbonyl (C=O) groups excluding carboxylic acids is 1. The highest BCUT2D eigenvalue weighted by molar-refractivity contribution is 5.73. The van der Waals surface area contributed by atoms with Crippen molar-refractivity contribution in [3.05, 3.63) is 35.9 Å². The zero-order valence-electron chi connectivity index (χ0n) is 12.4. The average Bonchev–Trinajstić information content (AvgIpc) is 2.43. The van der Waals surface area contributed by atoms with E-state index in [9.17, 15) is 4.79 Å². The summed E-state index contributed by atoms with van der Waals surface area (Å²) in [6.45, 7) is 2.97. The summed E-state index contributed by atoms with van der Waals surface area (Å²) < 4.78 is 0. The fourth-order valence-corrected chi connectivity index (χ4v) is 2.11. The second kappa shape index (κ2) is 7.79. The van der Waals surface area contributed by atoms with Gasteiger partial charge in [0.05, 0.1) is 0 Å². The van der Waals surface area contributed by atoms with Crippen molar-refractivity contribution in [3.63, 3.8) is 0 Å². The number of benzene rings is 1. The van der Waals surface area contributed by atoms with Crippen LogP contribution in [-0.2, 0) is 0 Å². The van der Waals surface area contributed by atoms with Crippen molar-refractivity contribution in [1.29, 1.82) is 0 Å². The third-order valence-corrected chi connectivity index (χ3v) is 3.31. The first-order valence-corrected chi connectivity index (χ1v) is 6.77. The van der Waals surface area contributed by atoms with Gasteiger partial charge in [0.1, 0.15) is 0 Å². The number of urea groups is 1. The van der Waals surface area contributed by atoms with Gasteiger partial charge >= 0.3 is 6.03 Å². The van der Waals surface area contributed by atoms with Crippen LogP contribution in [0, 0.1) is 0 Å². The lowest BCUT2D eigenvalue weighted by molar-refractivity contribution is 0.0620. The fraction of sp³-hybridized carbons (Fsp3) is 0.533. The van der Waals surface area contributed by atoms with Crippen molar-refractivity contribution >= 4 is 6.03 Å². The average molecular weight is 263 g/mol. The first-order chi connectivity index (χ1) is 9.06. The number of hydrogen-bond acceptors (Lipinski definition) is 2. The molecule has 0 saturated carbocycles. The minimum atomic E-state index is -0.0580. The van der Waals surface area contributed by atoms with Crippen LogP contribution >= 0.6 is 0 Å². The van der Waals surface area contributed by atoms with Gasteiger partial charge in [-0.1, -0.05) is 37.3 Å². The third-order valence-electron chi connectivity index (χ3n) is 3.31. The van der Waals surface area contributed by atoms with E-state index in [1.54, 1.807) is 12.1 Å². The van der Waals surface area contributed by atoms with Gasteiger partial charge < -0.3 is 5.32 Å². The summed E-state index contributed by atoms with van der Waals surface area (Å²) >= 11 is 0. The number of hydrogen-bond donors (Lipinski definition) is 1. The quantitative estimate of drug-likeness (QED) is 0.801. The molecule has 1 aromatic carbocycles. The van der Waals surface area contributed by atoms with E-state index < -0.39 is 0 Å². The van der Waals surface area contributed by atoms with Crippen LogP contribution in [0.5, 0.6) is 0 Å². The number of amides is 2. The smallest absolute Gasteiger partial charge is 0.331 e. The highest BCUT2D eigenvalue weighted by atomic mass is 16.2. The van der Waals surface area contributed by atoms with E-state index in [-0.39, 0.29) is 6.03 Å². The normalized spacial score (nSPS) is 12.3. The summed E-state index contributed by atoms with van der Waals surface area (Å²) in [6.07, 6.45) is 2.06. The molecule has 0 aromatic heterocycles. The van der Waals surface area contributed by atoms with E-state index in [0.29, 0.717) is 5.92 Å². The fourth-order valence-electron chi connectivity index (χ4n) is 2.11. The van der Waals surface area contributed by atoms with Crippen LogP contribution < -0.4 is 5.32 Å². The van der Waals surface area contributed by atoms with E-state index in [0.717, 1.165) is 19.4 Å². The van der Waals surface area contributed by atoms with Crippen molar-refractivity contribution in [3.8, 4) is 0 Å². The number of nitrogens with one attached hydrogen (secondary N) is 1. The summed E-state index contributed by atoms with van der Waals surface area (Å²) in [4.78, 5) is 11.7. The van der Waals surface area contributed by atoms with Gasteiger partial charge in [-0.2, -0.15) is 0 Å². The van der Waals surface area contributed by atoms with Crippen LogP contribution in [-0.4, -0.2) is 43.7 Å². The summed E-state index contributed by atoms with van der Waals surface area (Å²) in [6, 6.07) is 10.4. The zero-order valence-corrected chi connectivity index (χ0v) is 12.4. The molecular formula is C15H25N3O. The molecule has 4 heteroatoms. The predicted octanol–water partition coefficient (Wildman–Crippen LogP) is 2.69. The maximum absolute atomic E-state index is 11.7. The molecule has 0 aliphatic carbocycles. The van der Waals surface area contributed by atoms with Crippen molar-refractivity contribution in [1.82, 2.24) is 15.3 Å². The molecule has 0 aliphatic heterocycles. The van der Waals surface area contributed by atoms with Gasteiger partial charge in [-0.05, 0) is 24.3 Å². The summed E-state index contributed by atoms with van der Waals surface area (Å²) in [5, 5.41) is 6.21. The minimum Gasteiger partial charge on any atom is -0.340 e. The van der Waals surface area contributed by atoms with Gasteiger partial charge in [-0.15, -0.1) is 0 Å². The molecule has 1 aromatic rings. The Morgan fingerprint density at radius 3 is 2.42 bits per heavy atom. The second-order valence-electron chi connectivity index (χ2n) is 4.98. The Morgan fingerprint density at radius 2 is 1.89 bits per heavy atom. The third kappa shape index (κ3) is 4.91. The molecule has 106 valence electrons. The number of hydrazine groups is 1. The van der Waals surface area contributed by atoms with Gasteiger partial charge in [0, 0.05) is 27.7 Å². The monoisotopic (exact) mass is 263 g/mol. The standard InChI is InChI=1S/C15H25N3O/c1-13(14-10-6-5-7-11-14)9-8-12-18(17(3)4)15(19)16-2/h5-7,10-11,13H,8-9,12H2,1-4H3,(H,16,19). The van der Waals surface area contributed by atoms with Gasteiger partial charge in [0.2, 0.25) is 0 Å². The molecule has 2 amide bonds. The van der Waals surface area contributed by atoms with Gasteiger partial charge in [0.15, 0.2) is 0 Å². The Kier molecular flexibility index (Phi) is 6.36. The predicted molar refractivity (Wildman–Crippen MR) is 78.9 cm³/mol. The highest BCUT2D eigenvalue weighted by Gasteiger charge is 2.14. The molecule has 0 aliphatic rings. The summed E-state index contributed by atoms with van der Waals surface area (Å²) in [5.41, 5.74) is 1.36. The van der Waals surface area contributed by atoms with Crippen LogP contribution in [0.2, 0.25) is 0 Å². The Hall–Kier alpha value is -1.55. The van der Waals surface area contributed by atoms with Crippen molar-refractivity contribution in [2.45, 2.75) is 25.7 Å². The molecular weight excluding hydrogens is 238 g/mol. The Morgan fingerprint density at radius 1 is 1.26 bits per heavy atom. The molecule has 1 rings (SSSR count). The molecule has 1 unspecified atom stereocenters. The Balaban J connectivity index is 2.42. The number of carbonyl (C=O) groups is 1. The molecule has 0 fully saturated rings. The van der Waals surface area contributed by atoms with Crippen LogP contribution in [0.25, 0.3) is 0 Å². The Labute approximate surface area is 116 Å². The summed E-state index contributed by atoms with van der Waals surface area (Å²) in [7, 11) is 5.43. The minimum absolute atomic E-state index is 0.0580. The van der Waals surface area contributed by atoms with Gasteiger partial charge in [-0.3, -0.25) is 5.01 Å². The van der Waals surface area contributed by atoms with Crippen molar-refractivity contribution in [2.24, 2.45) is 0 Å². The van der Waals surface area contributed by atoms with E-state index in [1.807, 2.05) is 25.2 Å². The highest BCUT2D eigenvalue weighted by Crippen LogP contribution is 2.20. The molecule has 0 heterocycles. The van der Waals surface area contributed by atoms with Crippen molar-refractivity contribution < 1.29 is 4.79 Å². The SMILES string of the molecule is CNC(=O)N(CCCC(C)c1ccccc1)N(C)C. The Bertz CT molecular complexity index is 378. The van der Waals surface area contributed by atoms with Crippen molar-refractivity contribution in [2.75, 3.05) is 27.7 Å². The first kappa shape index (κ1) is 15.5.